The number of rotatable bonds is 8. The van der Waals surface area contributed by atoms with Gasteiger partial charge in [-0.3, -0.25) is 0 Å². The average molecular weight is 918 g/mol. The Kier molecular flexibility index (Phi) is 10.6. The van der Waals surface area contributed by atoms with Crippen LogP contribution < -0.4 is 0 Å². The van der Waals surface area contributed by atoms with Crippen molar-refractivity contribution in [2.75, 3.05) is 0 Å². The predicted octanol–water partition coefficient (Wildman–Crippen LogP) is 14.9. The third kappa shape index (κ3) is 8.35. The Hall–Kier alpha value is -8.84. The highest BCUT2D eigenvalue weighted by Gasteiger charge is 2.37. The van der Waals surface area contributed by atoms with Crippen LogP contribution in [0, 0.1) is 0 Å². The summed E-state index contributed by atoms with van der Waals surface area (Å²) in [7, 11) is 0. The van der Waals surface area contributed by atoms with Gasteiger partial charge >= 0.3 is 12.4 Å². The summed E-state index contributed by atoms with van der Waals surface area (Å²) in [5.41, 5.74) is 2.52. The normalized spacial score (nSPS) is 11.9. The molecule has 0 spiro atoms. The van der Waals surface area contributed by atoms with Crippen molar-refractivity contribution in [1.29, 1.82) is 0 Å². The van der Waals surface area contributed by atoms with Crippen LogP contribution >= 0.6 is 0 Å². The lowest BCUT2D eigenvalue weighted by Crippen LogP contribution is -2.11. The number of alkyl halides is 6. The minimum absolute atomic E-state index is 0.0974. The maximum absolute atomic E-state index is 14.5. The monoisotopic (exact) mass is 917 g/mol. The van der Waals surface area contributed by atoms with Crippen LogP contribution in [0.15, 0.2) is 200 Å². The third-order valence-corrected chi connectivity index (χ3v) is 11.7. The summed E-state index contributed by atoms with van der Waals surface area (Å²) < 4.78 is 88.8. The minimum Gasteiger partial charge on any atom is -0.309 e. The number of para-hydroxylation sites is 1. The smallest absolute Gasteiger partial charge is 0.309 e. The number of hydrogen-bond acceptors (Lipinski definition) is 6. The second kappa shape index (κ2) is 17.1. The van der Waals surface area contributed by atoms with E-state index < -0.39 is 23.5 Å². The first-order chi connectivity index (χ1) is 33.4. The zero-order valence-corrected chi connectivity index (χ0v) is 36.0. The molecule has 0 saturated heterocycles. The van der Waals surface area contributed by atoms with Gasteiger partial charge in [0.05, 0.1) is 27.8 Å². The minimum atomic E-state index is -5.08. The Morgan fingerprint density at radius 1 is 0.290 bits per heavy atom. The average Bonchev–Trinajstić information content (AvgIpc) is 3.72. The van der Waals surface area contributed by atoms with Gasteiger partial charge < -0.3 is 4.57 Å². The van der Waals surface area contributed by atoms with E-state index in [2.05, 4.69) is 0 Å². The van der Waals surface area contributed by atoms with Crippen LogP contribution in [0.5, 0.6) is 0 Å². The zero-order chi connectivity index (χ0) is 47.3. The van der Waals surface area contributed by atoms with Crippen LogP contribution in [0.4, 0.5) is 26.3 Å². The van der Waals surface area contributed by atoms with E-state index in [4.69, 9.17) is 29.9 Å². The van der Waals surface area contributed by atoms with Crippen LogP contribution in [0.1, 0.15) is 11.1 Å². The van der Waals surface area contributed by atoms with E-state index in [1.165, 1.54) is 6.07 Å². The van der Waals surface area contributed by atoms with Crippen molar-refractivity contribution >= 4 is 21.8 Å². The fourth-order valence-electron chi connectivity index (χ4n) is 8.46. The van der Waals surface area contributed by atoms with E-state index in [1.54, 1.807) is 12.1 Å². The molecular weight excluding hydrogens is 885 g/mol. The number of nitrogens with zero attached hydrogens (tertiary/aromatic N) is 7. The fraction of sp³-hybridized carbons (Fsp3) is 0.0357. The molecule has 3 heterocycles. The quantitative estimate of drug-likeness (QED) is 0.141. The van der Waals surface area contributed by atoms with Crippen LogP contribution in [0.2, 0.25) is 0 Å². The van der Waals surface area contributed by atoms with Crippen molar-refractivity contribution < 1.29 is 26.3 Å². The molecule has 0 atom stereocenters. The zero-order valence-electron chi connectivity index (χ0n) is 36.0. The molecular formula is C56H33F6N7. The summed E-state index contributed by atoms with van der Waals surface area (Å²) in [6.07, 6.45) is -10.2. The highest BCUT2D eigenvalue weighted by molar-refractivity contribution is 6.11. The van der Waals surface area contributed by atoms with E-state index >= 15 is 0 Å². The highest BCUT2D eigenvalue weighted by Crippen LogP contribution is 2.43. The van der Waals surface area contributed by atoms with Gasteiger partial charge in [-0.1, -0.05) is 152 Å². The molecule has 0 aliphatic carbocycles. The Bertz CT molecular complexity index is 3540. The second-order valence-electron chi connectivity index (χ2n) is 16.2. The lowest BCUT2D eigenvalue weighted by Gasteiger charge is -2.19. The second-order valence-corrected chi connectivity index (χ2v) is 16.2. The third-order valence-electron chi connectivity index (χ3n) is 11.7. The van der Waals surface area contributed by atoms with Crippen molar-refractivity contribution in [1.82, 2.24) is 34.5 Å². The van der Waals surface area contributed by atoms with Crippen LogP contribution in [-0.4, -0.2) is 34.5 Å². The molecule has 69 heavy (non-hydrogen) atoms. The molecule has 0 unspecified atom stereocenters. The van der Waals surface area contributed by atoms with Crippen molar-refractivity contribution in [3.8, 4) is 85.1 Å². The number of aromatic nitrogens is 7. The summed E-state index contributed by atoms with van der Waals surface area (Å²) in [6.45, 7) is 0. The number of benzene rings is 8. The SMILES string of the molecule is FC(F)(F)c1cc(-c2ccc(-c3nc(-c4ccccc4)nc(-c4ccccc4)n3)cc2-n2c3ccccc3c3cc(-c4nc(-c5ccccc5)nc(-c5ccccc5)n4)ccc32)cc(C(F)(F)F)c1. The summed E-state index contributed by atoms with van der Waals surface area (Å²) in [6, 6.07) is 57.3. The Morgan fingerprint density at radius 3 is 1.09 bits per heavy atom. The van der Waals surface area contributed by atoms with Gasteiger partial charge in [0.25, 0.3) is 0 Å². The summed E-state index contributed by atoms with van der Waals surface area (Å²) in [5, 5.41) is 1.48. The van der Waals surface area contributed by atoms with Gasteiger partial charge in [-0.25, -0.2) is 29.9 Å². The molecule has 8 aromatic carbocycles. The van der Waals surface area contributed by atoms with E-state index in [0.717, 1.165) is 34.0 Å². The lowest BCUT2D eigenvalue weighted by atomic mass is 9.96. The molecule has 334 valence electrons. The fourth-order valence-corrected chi connectivity index (χ4v) is 8.46. The molecule has 0 bridgehead atoms. The van der Waals surface area contributed by atoms with Crippen molar-refractivity contribution in [2.45, 2.75) is 12.4 Å². The van der Waals surface area contributed by atoms with Gasteiger partial charge in [0.15, 0.2) is 34.9 Å². The van der Waals surface area contributed by atoms with E-state index in [0.29, 0.717) is 62.4 Å². The largest absolute Gasteiger partial charge is 0.416 e. The highest BCUT2D eigenvalue weighted by atomic mass is 19.4. The van der Waals surface area contributed by atoms with E-state index in [1.807, 2.05) is 168 Å². The molecule has 13 heteroatoms. The van der Waals surface area contributed by atoms with Crippen molar-refractivity contribution in [3.05, 3.63) is 211 Å². The first-order valence-electron chi connectivity index (χ1n) is 21.7. The Labute approximate surface area is 390 Å². The molecule has 0 radical (unpaired) electrons. The molecule has 0 aliphatic heterocycles. The molecule has 0 N–H and O–H groups in total. The molecule has 0 amide bonds. The summed E-state index contributed by atoms with van der Waals surface area (Å²) in [4.78, 5) is 29.3. The molecule has 0 saturated carbocycles. The van der Waals surface area contributed by atoms with Gasteiger partial charge in [-0.2, -0.15) is 26.3 Å². The Balaban J connectivity index is 1.17. The van der Waals surface area contributed by atoms with Crippen LogP contribution in [0.25, 0.3) is 107 Å². The molecule has 0 fully saturated rings. The Morgan fingerprint density at radius 2 is 0.652 bits per heavy atom. The summed E-state index contributed by atoms with van der Waals surface area (Å²) >= 11 is 0. The van der Waals surface area contributed by atoms with Crippen LogP contribution in [0.3, 0.4) is 0 Å². The molecule has 0 aliphatic rings. The van der Waals surface area contributed by atoms with E-state index in [-0.39, 0.29) is 28.7 Å². The topological polar surface area (TPSA) is 82.3 Å². The first-order valence-corrected chi connectivity index (χ1v) is 21.7. The number of fused-ring (bicyclic) bond motifs is 3. The van der Waals surface area contributed by atoms with Gasteiger partial charge in [-0.05, 0) is 54.1 Å². The number of halogens is 6. The van der Waals surface area contributed by atoms with Gasteiger partial charge in [0.2, 0.25) is 0 Å². The van der Waals surface area contributed by atoms with E-state index in [9.17, 15) is 26.3 Å². The van der Waals surface area contributed by atoms with Crippen molar-refractivity contribution in [3.63, 3.8) is 0 Å². The first kappa shape index (κ1) is 42.8. The van der Waals surface area contributed by atoms with Gasteiger partial charge in [0, 0.05) is 49.7 Å². The molecule has 11 aromatic rings. The predicted molar refractivity (Wildman–Crippen MR) is 256 cm³/mol. The standard InChI is InChI=1S/C56H33F6N7/c57-55(58,59)41-29-40(30-42(33-41)56(60,61)62)43-27-25-39(54-67-51(36-19-9-3-10-20-36)64-52(68-54)37-21-11-4-12-22-37)32-48(43)69-46-24-14-13-23-44(46)45-31-38(26-28-47(45)69)53-65-49(34-15-5-1-6-16-34)63-50(66-53)35-17-7-2-8-18-35/h1-33H. The lowest BCUT2D eigenvalue weighted by molar-refractivity contribution is -0.143. The van der Waals surface area contributed by atoms with Gasteiger partial charge in [0.1, 0.15) is 0 Å². The maximum atomic E-state index is 14.5. The van der Waals surface area contributed by atoms with Gasteiger partial charge in [-0.15, -0.1) is 0 Å². The molecule has 3 aromatic heterocycles. The molecule has 7 nitrogen and oxygen atoms in total. The summed E-state index contributed by atoms with van der Waals surface area (Å²) in [5.74, 6) is 2.29. The number of hydrogen-bond donors (Lipinski definition) is 0. The maximum Gasteiger partial charge on any atom is 0.416 e. The van der Waals surface area contributed by atoms with Crippen molar-refractivity contribution in [2.24, 2.45) is 0 Å². The van der Waals surface area contributed by atoms with Crippen LogP contribution in [-0.2, 0) is 12.4 Å². The molecule has 11 rings (SSSR count).